The number of pyridine rings is 1. The molecule has 1 heterocycles. The first kappa shape index (κ1) is 10.9. The van der Waals surface area contributed by atoms with E-state index >= 15 is 0 Å². The summed E-state index contributed by atoms with van der Waals surface area (Å²) >= 11 is 5.81. The van der Waals surface area contributed by atoms with E-state index in [0.717, 1.165) is 6.20 Å². The molecule has 1 aromatic rings. The summed E-state index contributed by atoms with van der Waals surface area (Å²) in [6, 6.07) is 0. The van der Waals surface area contributed by atoms with Crippen molar-refractivity contribution < 1.29 is 4.92 Å². The summed E-state index contributed by atoms with van der Waals surface area (Å²) in [5.41, 5.74) is 5.08. The second-order valence-corrected chi connectivity index (χ2v) is 3.90. The summed E-state index contributed by atoms with van der Waals surface area (Å²) in [4.78, 5) is 13.8. The molecule has 0 bridgehead atoms. The van der Waals surface area contributed by atoms with Crippen LogP contribution in [0.25, 0.3) is 0 Å². The van der Waals surface area contributed by atoms with E-state index in [2.05, 4.69) is 4.98 Å². The summed E-state index contributed by atoms with van der Waals surface area (Å²) in [6.45, 7) is 3.31. The maximum atomic E-state index is 10.7. The van der Waals surface area contributed by atoms with Crippen LogP contribution in [-0.4, -0.2) is 9.91 Å². The third kappa shape index (κ3) is 2.00. The molecule has 0 atom stereocenters. The molecule has 0 aliphatic heterocycles. The minimum atomic E-state index is -0.859. The fourth-order valence-corrected chi connectivity index (χ4v) is 1.60. The van der Waals surface area contributed by atoms with Gasteiger partial charge in [0.1, 0.15) is 6.20 Å². The van der Waals surface area contributed by atoms with E-state index < -0.39 is 10.5 Å². The highest BCUT2D eigenvalue weighted by Crippen LogP contribution is 2.32. The van der Waals surface area contributed by atoms with Gasteiger partial charge in [0.05, 0.1) is 15.5 Å². The largest absolute Gasteiger partial charge is 0.322 e. The molecule has 0 spiro atoms. The van der Waals surface area contributed by atoms with Crippen LogP contribution < -0.4 is 5.73 Å². The van der Waals surface area contributed by atoms with Crippen molar-refractivity contribution in [3.63, 3.8) is 0 Å². The van der Waals surface area contributed by atoms with Gasteiger partial charge >= 0.3 is 0 Å². The molecule has 14 heavy (non-hydrogen) atoms. The zero-order valence-electron chi connectivity index (χ0n) is 7.82. The van der Waals surface area contributed by atoms with Crippen LogP contribution in [0.2, 0.25) is 5.02 Å². The molecule has 1 rings (SSSR count). The molecule has 0 fully saturated rings. The molecule has 1 aromatic heterocycles. The number of nitrogens with two attached hydrogens (primary N) is 1. The van der Waals surface area contributed by atoms with E-state index in [1.165, 1.54) is 6.20 Å². The molecule has 0 amide bonds. The maximum absolute atomic E-state index is 10.7. The lowest BCUT2D eigenvalue weighted by Crippen LogP contribution is -2.30. The van der Waals surface area contributed by atoms with Crippen LogP contribution in [0, 0.1) is 10.1 Å². The van der Waals surface area contributed by atoms with Crippen LogP contribution in [0.3, 0.4) is 0 Å². The Balaban J connectivity index is 3.45. The summed E-state index contributed by atoms with van der Waals surface area (Å²) in [7, 11) is 0. The van der Waals surface area contributed by atoms with Gasteiger partial charge in [-0.15, -0.1) is 0 Å². The minimum Gasteiger partial charge on any atom is -0.322 e. The van der Waals surface area contributed by atoms with E-state index in [1.807, 2.05) is 0 Å². The molecule has 0 aliphatic carbocycles. The Kier molecular flexibility index (Phi) is 2.73. The van der Waals surface area contributed by atoms with Crippen LogP contribution in [0.1, 0.15) is 19.4 Å². The Hall–Kier alpha value is -1.20. The molecule has 6 heteroatoms. The van der Waals surface area contributed by atoms with Crippen molar-refractivity contribution in [2.75, 3.05) is 0 Å². The Bertz CT molecular complexity index is 373. The number of hydrogen-bond donors (Lipinski definition) is 1. The van der Waals surface area contributed by atoms with Gasteiger partial charge in [0.25, 0.3) is 5.69 Å². The van der Waals surface area contributed by atoms with Crippen molar-refractivity contribution in [1.29, 1.82) is 0 Å². The molecular weight excluding hydrogens is 206 g/mol. The molecule has 0 aliphatic rings. The lowest BCUT2D eigenvalue weighted by molar-refractivity contribution is -0.386. The Morgan fingerprint density at radius 1 is 1.57 bits per heavy atom. The fraction of sp³-hybridized carbons (Fsp3) is 0.375. The first-order chi connectivity index (χ1) is 6.34. The summed E-state index contributed by atoms with van der Waals surface area (Å²) < 4.78 is 0. The molecule has 0 aromatic carbocycles. The van der Waals surface area contributed by atoms with Gasteiger partial charge in [0.15, 0.2) is 0 Å². The van der Waals surface area contributed by atoms with Gasteiger partial charge in [-0.3, -0.25) is 15.1 Å². The first-order valence-corrected chi connectivity index (χ1v) is 4.29. The van der Waals surface area contributed by atoms with Crippen molar-refractivity contribution in [3.8, 4) is 0 Å². The van der Waals surface area contributed by atoms with Crippen LogP contribution in [0.4, 0.5) is 5.69 Å². The van der Waals surface area contributed by atoms with Gasteiger partial charge in [-0.2, -0.15) is 0 Å². The minimum absolute atomic E-state index is 0.148. The van der Waals surface area contributed by atoms with Gasteiger partial charge in [0.2, 0.25) is 0 Å². The predicted octanol–water partition coefficient (Wildman–Crippen LogP) is 1.84. The highest BCUT2D eigenvalue weighted by molar-refractivity contribution is 6.31. The van der Waals surface area contributed by atoms with Crippen molar-refractivity contribution in [3.05, 3.63) is 33.1 Å². The number of rotatable bonds is 2. The molecule has 0 saturated carbocycles. The average Bonchev–Trinajstić information content (AvgIpc) is 2.01. The van der Waals surface area contributed by atoms with Gasteiger partial charge < -0.3 is 5.73 Å². The number of nitro groups is 1. The summed E-state index contributed by atoms with van der Waals surface area (Å²) in [5, 5.41) is 10.9. The van der Waals surface area contributed by atoms with Crippen LogP contribution in [0.15, 0.2) is 12.4 Å². The van der Waals surface area contributed by atoms with Crippen LogP contribution >= 0.6 is 11.6 Å². The SMILES string of the molecule is CC(C)(N)c1c(Cl)cncc1[N+](=O)[O-]. The molecule has 76 valence electrons. The number of hydrogen-bond acceptors (Lipinski definition) is 4. The Morgan fingerprint density at radius 3 is 2.50 bits per heavy atom. The molecule has 0 radical (unpaired) electrons. The van der Waals surface area contributed by atoms with Crippen molar-refractivity contribution in [1.82, 2.24) is 4.98 Å². The number of halogens is 1. The lowest BCUT2D eigenvalue weighted by Gasteiger charge is -2.19. The molecular formula is C8H10ClN3O2. The molecule has 0 saturated heterocycles. The third-order valence-electron chi connectivity index (χ3n) is 1.72. The molecule has 2 N–H and O–H groups in total. The van der Waals surface area contributed by atoms with Gasteiger partial charge in [-0.1, -0.05) is 11.6 Å². The normalized spacial score (nSPS) is 11.4. The van der Waals surface area contributed by atoms with E-state index in [9.17, 15) is 10.1 Å². The predicted molar refractivity (Wildman–Crippen MR) is 53.1 cm³/mol. The maximum Gasteiger partial charge on any atom is 0.294 e. The zero-order valence-corrected chi connectivity index (χ0v) is 8.58. The summed E-state index contributed by atoms with van der Waals surface area (Å²) in [5.74, 6) is 0. The third-order valence-corrected chi connectivity index (χ3v) is 2.01. The fourth-order valence-electron chi connectivity index (χ4n) is 1.20. The number of aromatic nitrogens is 1. The Morgan fingerprint density at radius 2 is 2.14 bits per heavy atom. The second kappa shape index (κ2) is 3.51. The van der Waals surface area contributed by atoms with E-state index in [4.69, 9.17) is 17.3 Å². The zero-order chi connectivity index (χ0) is 10.9. The monoisotopic (exact) mass is 215 g/mol. The van der Waals surface area contributed by atoms with Gasteiger partial charge in [-0.05, 0) is 13.8 Å². The van der Waals surface area contributed by atoms with Crippen molar-refractivity contribution in [2.24, 2.45) is 5.73 Å². The van der Waals surface area contributed by atoms with Crippen molar-refractivity contribution in [2.45, 2.75) is 19.4 Å². The standard InChI is InChI=1S/C8H10ClN3O2/c1-8(2,10)7-5(9)3-11-4-6(7)12(13)14/h3-4H,10H2,1-2H3. The molecule has 0 unspecified atom stereocenters. The second-order valence-electron chi connectivity index (χ2n) is 3.49. The first-order valence-electron chi connectivity index (χ1n) is 3.91. The van der Waals surface area contributed by atoms with Gasteiger partial charge in [-0.25, -0.2) is 0 Å². The van der Waals surface area contributed by atoms with Crippen LogP contribution in [-0.2, 0) is 5.54 Å². The lowest BCUT2D eigenvalue weighted by atomic mass is 9.95. The van der Waals surface area contributed by atoms with E-state index in [1.54, 1.807) is 13.8 Å². The van der Waals surface area contributed by atoms with Gasteiger partial charge in [0, 0.05) is 11.7 Å². The van der Waals surface area contributed by atoms with Crippen LogP contribution in [0.5, 0.6) is 0 Å². The number of nitrogens with zero attached hydrogens (tertiary/aromatic N) is 2. The quantitative estimate of drug-likeness (QED) is 0.603. The Labute approximate surface area is 86.0 Å². The van der Waals surface area contributed by atoms with E-state index in [0.29, 0.717) is 5.56 Å². The van der Waals surface area contributed by atoms with E-state index in [-0.39, 0.29) is 10.7 Å². The highest BCUT2D eigenvalue weighted by Gasteiger charge is 2.28. The average molecular weight is 216 g/mol. The summed E-state index contributed by atoms with van der Waals surface area (Å²) in [6.07, 6.45) is 2.49. The van der Waals surface area contributed by atoms with Crippen molar-refractivity contribution >= 4 is 17.3 Å². The molecule has 5 nitrogen and oxygen atoms in total. The topological polar surface area (TPSA) is 82.0 Å². The smallest absolute Gasteiger partial charge is 0.294 e. The highest BCUT2D eigenvalue weighted by atomic mass is 35.5.